The van der Waals surface area contributed by atoms with Crippen LogP contribution in [0.2, 0.25) is 5.02 Å². The summed E-state index contributed by atoms with van der Waals surface area (Å²) in [6.45, 7) is 0.912. The van der Waals surface area contributed by atoms with Gasteiger partial charge in [0.2, 0.25) is 0 Å². The molecule has 2 amide bonds. The molecule has 0 saturated carbocycles. The molecule has 4 rings (SSSR count). The lowest BCUT2D eigenvalue weighted by Crippen LogP contribution is -2.41. The minimum atomic E-state index is -0.613. The minimum Gasteiger partial charge on any atom is -0.486 e. The molecule has 9 heteroatoms. The number of carbonyl (C=O) groups is 2. The predicted molar refractivity (Wildman–Crippen MR) is 107 cm³/mol. The number of furan rings is 1. The second-order valence-electron chi connectivity index (χ2n) is 6.26. The van der Waals surface area contributed by atoms with Crippen molar-refractivity contribution in [3.05, 3.63) is 76.7 Å². The van der Waals surface area contributed by atoms with Crippen LogP contribution in [0.15, 0.2) is 59.0 Å². The number of hydrogen-bond donors (Lipinski definition) is 2. The Morgan fingerprint density at radius 3 is 2.57 bits per heavy atom. The highest BCUT2D eigenvalue weighted by atomic mass is 35.5. The Morgan fingerprint density at radius 1 is 0.967 bits per heavy atom. The highest BCUT2D eigenvalue weighted by molar-refractivity contribution is 6.32. The number of benzene rings is 2. The fourth-order valence-electron chi connectivity index (χ4n) is 2.74. The van der Waals surface area contributed by atoms with Crippen molar-refractivity contribution in [2.45, 2.75) is 6.61 Å². The van der Waals surface area contributed by atoms with Crippen LogP contribution >= 0.6 is 11.6 Å². The number of amides is 2. The van der Waals surface area contributed by atoms with Crippen molar-refractivity contribution < 1.29 is 28.2 Å². The lowest BCUT2D eigenvalue weighted by molar-refractivity contribution is 0.0828. The summed E-state index contributed by atoms with van der Waals surface area (Å²) in [6, 6.07) is 15.3. The molecule has 1 aliphatic rings. The van der Waals surface area contributed by atoms with Crippen molar-refractivity contribution in [1.29, 1.82) is 0 Å². The van der Waals surface area contributed by atoms with Gasteiger partial charge in [0.05, 0.1) is 5.02 Å². The van der Waals surface area contributed by atoms with Gasteiger partial charge in [0.15, 0.2) is 17.3 Å². The minimum absolute atomic E-state index is 0.0298. The summed E-state index contributed by atoms with van der Waals surface area (Å²) in [5.74, 6) is 0.768. The zero-order chi connectivity index (χ0) is 20.9. The smallest absolute Gasteiger partial charge is 0.305 e. The molecule has 2 aromatic carbocycles. The SMILES string of the molecule is O=C(NNC(=O)c1ccc(COc2ccccc2)o1)c1cc(Cl)c2c(c1)OCCO2. The van der Waals surface area contributed by atoms with E-state index in [0.717, 1.165) is 0 Å². The molecule has 0 bridgehead atoms. The molecule has 2 N–H and O–H groups in total. The van der Waals surface area contributed by atoms with Gasteiger partial charge in [0.25, 0.3) is 5.91 Å². The Bertz CT molecular complexity index is 1070. The third-order valence-corrected chi connectivity index (χ3v) is 4.44. The summed E-state index contributed by atoms with van der Waals surface area (Å²) in [7, 11) is 0. The van der Waals surface area contributed by atoms with Crippen molar-refractivity contribution >= 4 is 23.4 Å². The number of hydrazine groups is 1. The summed E-state index contributed by atoms with van der Waals surface area (Å²) in [6.07, 6.45) is 0. The molecule has 0 atom stereocenters. The second kappa shape index (κ2) is 8.79. The van der Waals surface area contributed by atoms with Crippen LogP contribution in [-0.4, -0.2) is 25.0 Å². The first-order valence-electron chi connectivity index (χ1n) is 9.06. The largest absolute Gasteiger partial charge is 0.486 e. The fourth-order valence-corrected chi connectivity index (χ4v) is 3.00. The number of carbonyl (C=O) groups excluding carboxylic acids is 2. The van der Waals surface area contributed by atoms with Gasteiger partial charge in [-0.15, -0.1) is 0 Å². The van der Waals surface area contributed by atoms with Crippen LogP contribution in [0.5, 0.6) is 17.2 Å². The molecule has 0 saturated heterocycles. The third-order valence-electron chi connectivity index (χ3n) is 4.16. The van der Waals surface area contributed by atoms with E-state index in [9.17, 15) is 9.59 Å². The summed E-state index contributed by atoms with van der Waals surface area (Å²) in [5.41, 5.74) is 4.82. The molecule has 1 aromatic heterocycles. The lowest BCUT2D eigenvalue weighted by atomic mass is 10.2. The average molecular weight is 429 g/mol. The third kappa shape index (κ3) is 4.49. The number of para-hydroxylation sites is 1. The van der Waals surface area contributed by atoms with Gasteiger partial charge in [-0.25, -0.2) is 0 Å². The first-order valence-corrected chi connectivity index (χ1v) is 9.44. The van der Waals surface area contributed by atoms with Crippen molar-refractivity contribution in [3.8, 4) is 17.2 Å². The summed E-state index contributed by atoms with van der Waals surface area (Å²) in [5, 5.41) is 0.248. The molecular weight excluding hydrogens is 412 g/mol. The van der Waals surface area contributed by atoms with Gasteiger partial charge in [-0.2, -0.15) is 0 Å². The highest BCUT2D eigenvalue weighted by Gasteiger charge is 2.20. The lowest BCUT2D eigenvalue weighted by Gasteiger charge is -2.20. The van der Waals surface area contributed by atoms with E-state index < -0.39 is 11.8 Å². The number of ether oxygens (including phenoxy) is 3. The van der Waals surface area contributed by atoms with Gasteiger partial charge in [-0.05, 0) is 36.4 Å². The van der Waals surface area contributed by atoms with Crippen molar-refractivity contribution in [2.24, 2.45) is 0 Å². The van der Waals surface area contributed by atoms with Crippen molar-refractivity contribution in [2.75, 3.05) is 13.2 Å². The van der Waals surface area contributed by atoms with Crippen LogP contribution in [0.4, 0.5) is 0 Å². The molecule has 0 fully saturated rings. The van der Waals surface area contributed by atoms with Crippen LogP contribution in [0.3, 0.4) is 0 Å². The summed E-state index contributed by atoms with van der Waals surface area (Å²) >= 11 is 6.13. The van der Waals surface area contributed by atoms with Crippen LogP contribution in [0.1, 0.15) is 26.7 Å². The van der Waals surface area contributed by atoms with E-state index in [1.807, 2.05) is 30.3 Å². The fraction of sp³-hybridized carbons (Fsp3) is 0.143. The van der Waals surface area contributed by atoms with Crippen molar-refractivity contribution in [3.63, 3.8) is 0 Å². The Balaban J connectivity index is 1.33. The maximum atomic E-state index is 12.4. The van der Waals surface area contributed by atoms with Gasteiger partial charge in [0, 0.05) is 5.56 Å². The Kier molecular flexibility index (Phi) is 5.76. The zero-order valence-electron chi connectivity index (χ0n) is 15.6. The topological polar surface area (TPSA) is 99.0 Å². The molecule has 3 aromatic rings. The second-order valence-corrected chi connectivity index (χ2v) is 6.67. The molecule has 1 aliphatic heterocycles. The van der Waals surface area contributed by atoms with Gasteiger partial charge >= 0.3 is 5.91 Å². The molecular formula is C21H17ClN2O6. The first kappa shape index (κ1) is 19.7. The van der Waals surface area contributed by atoms with E-state index in [1.165, 1.54) is 18.2 Å². The van der Waals surface area contributed by atoms with Gasteiger partial charge in [-0.3, -0.25) is 20.4 Å². The molecule has 0 spiro atoms. The standard InChI is InChI=1S/C21H17ClN2O6/c22-16-10-13(11-18-19(16)28-9-8-27-18)20(25)23-24-21(26)17-7-6-15(30-17)12-29-14-4-2-1-3-5-14/h1-7,10-11H,8-9,12H2,(H,23,25)(H,24,26). The zero-order valence-corrected chi connectivity index (χ0v) is 16.4. The molecule has 8 nitrogen and oxygen atoms in total. The van der Waals surface area contributed by atoms with Crippen LogP contribution in [0, 0.1) is 0 Å². The first-order chi connectivity index (χ1) is 14.6. The molecule has 154 valence electrons. The number of fused-ring (bicyclic) bond motifs is 1. The Hall–Kier alpha value is -3.65. The van der Waals surface area contributed by atoms with E-state index in [2.05, 4.69) is 10.9 Å². The van der Waals surface area contributed by atoms with Crippen molar-refractivity contribution in [1.82, 2.24) is 10.9 Å². The molecule has 0 unspecified atom stereocenters. The van der Waals surface area contributed by atoms with Crippen LogP contribution in [0.25, 0.3) is 0 Å². The molecule has 2 heterocycles. The maximum absolute atomic E-state index is 12.4. The van der Waals surface area contributed by atoms with E-state index >= 15 is 0 Å². The van der Waals surface area contributed by atoms with Crippen LogP contribution < -0.4 is 25.1 Å². The summed E-state index contributed by atoms with van der Waals surface area (Å²) < 4.78 is 21.9. The maximum Gasteiger partial charge on any atom is 0.305 e. The van der Waals surface area contributed by atoms with Crippen LogP contribution in [-0.2, 0) is 6.61 Å². The summed E-state index contributed by atoms with van der Waals surface area (Å²) in [4.78, 5) is 24.6. The van der Waals surface area contributed by atoms with Gasteiger partial charge < -0.3 is 18.6 Å². The number of hydrogen-bond acceptors (Lipinski definition) is 6. The Morgan fingerprint density at radius 2 is 1.73 bits per heavy atom. The molecule has 30 heavy (non-hydrogen) atoms. The highest BCUT2D eigenvalue weighted by Crippen LogP contribution is 2.38. The van der Waals surface area contributed by atoms with E-state index in [0.29, 0.717) is 36.2 Å². The number of nitrogens with one attached hydrogen (secondary N) is 2. The monoisotopic (exact) mass is 428 g/mol. The predicted octanol–water partition coefficient (Wildman–Crippen LogP) is 3.36. The average Bonchev–Trinajstić information content (AvgIpc) is 3.26. The quantitative estimate of drug-likeness (QED) is 0.604. The number of halogens is 1. The van der Waals surface area contributed by atoms with E-state index in [4.69, 9.17) is 30.2 Å². The molecule has 0 radical (unpaired) electrons. The number of rotatable bonds is 5. The van der Waals surface area contributed by atoms with E-state index in [-0.39, 0.29) is 23.0 Å². The van der Waals surface area contributed by atoms with E-state index in [1.54, 1.807) is 6.07 Å². The Labute approximate surface area is 176 Å². The van der Waals surface area contributed by atoms with Gasteiger partial charge in [-0.1, -0.05) is 29.8 Å². The van der Waals surface area contributed by atoms with Gasteiger partial charge in [0.1, 0.15) is 31.3 Å². The molecule has 0 aliphatic carbocycles. The normalized spacial score (nSPS) is 12.2.